The minimum atomic E-state index is 0.538. The largest absolute Gasteiger partial charge is 0.310 e. The van der Waals surface area contributed by atoms with Crippen molar-refractivity contribution in [2.75, 3.05) is 19.6 Å². The molecule has 0 saturated carbocycles. The van der Waals surface area contributed by atoms with Crippen molar-refractivity contribution in [1.29, 1.82) is 0 Å². The van der Waals surface area contributed by atoms with Crippen LogP contribution in [0, 0.1) is 0 Å². The van der Waals surface area contributed by atoms with Crippen LogP contribution in [0.3, 0.4) is 0 Å². The van der Waals surface area contributed by atoms with E-state index in [9.17, 15) is 0 Å². The lowest BCUT2D eigenvalue weighted by molar-refractivity contribution is 0.308. The average molecular weight is 255 g/mol. The number of nitrogens with one attached hydrogen (secondary N) is 1. The molecule has 17 heavy (non-hydrogen) atoms. The highest BCUT2D eigenvalue weighted by Crippen LogP contribution is 2.13. The molecule has 1 aromatic heterocycles. The Kier molecular flexibility index (Phi) is 6.70. The Balaban J connectivity index is 2.35. The molecule has 98 valence electrons. The Morgan fingerprint density at radius 1 is 1.35 bits per heavy atom. The van der Waals surface area contributed by atoms with Gasteiger partial charge in [0.05, 0.1) is 5.01 Å². The van der Waals surface area contributed by atoms with E-state index in [1.54, 1.807) is 0 Å². The van der Waals surface area contributed by atoms with Gasteiger partial charge in [0.1, 0.15) is 0 Å². The molecule has 0 fully saturated rings. The van der Waals surface area contributed by atoms with Crippen LogP contribution in [0.5, 0.6) is 0 Å². The standard InChI is InChI=1S/C13H25N3S/c1-5-16(6-2)8-7-13-15-10-12(17-13)9-14-11(3)4/h10-11,14H,5-9H2,1-4H3. The molecular formula is C13H25N3S. The van der Waals surface area contributed by atoms with E-state index >= 15 is 0 Å². The molecule has 1 aromatic rings. The Morgan fingerprint density at radius 3 is 2.65 bits per heavy atom. The zero-order valence-corrected chi connectivity index (χ0v) is 12.3. The lowest BCUT2D eigenvalue weighted by Crippen LogP contribution is -2.25. The maximum Gasteiger partial charge on any atom is 0.0940 e. The molecule has 0 atom stereocenters. The molecule has 0 aliphatic heterocycles. The highest BCUT2D eigenvalue weighted by Gasteiger charge is 2.05. The van der Waals surface area contributed by atoms with Gasteiger partial charge < -0.3 is 10.2 Å². The summed E-state index contributed by atoms with van der Waals surface area (Å²) < 4.78 is 0. The zero-order valence-electron chi connectivity index (χ0n) is 11.5. The molecule has 0 aliphatic carbocycles. The molecule has 0 spiro atoms. The average Bonchev–Trinajstić information content (AvgIpc) is 2.76. The number of thiazole rings is 1. The first-order chi connectivity index (χ1) is 8.15. The molecule has 4 heteroatoms. The second-order valence-electron chi connectivity index (χ2n) is 4.53. The normalized spacial score (nSPS) is 11.6. The smallest absolute Gasteiger partial charge is 0.0940 e. The van der Waals surface area contributed by atoms with E-state index in [0.29, 0.717) is 6.04 Å². The third-order valence-corrected chi connectivity index (χ3v) is 3.88. The molecule has 0 radical (unpaired) electrons. The quantitative estimate of drug-likeness (QED) is 0.773. The molecule has 1 rings (SSSR count). The number of rotatable bonds is 8. The van der Waals surface area contributed by atoms with Crippen LogP contribution in [0.25, 0.3) is 0 Å². The summed E-state index contributed by atoms with van der Waals surface area (Å²) in [5.74, 6) is 0. The zero-order chi connectivity index (χ0) is 12.7. The summed E-state index contributed by atoms with van der Waals surface area (Å²) in [7, 11) is 0. The minimum Gasteiger partial charge on any atom is -0.310 e. The summed E-state index contributed by atoms with van der Waals surface area (Å²) in [6.07, 6.45) is 3.09. The molecule has 0 aliphatic rings. The highest BCUT2D eigenvalue weighted by molar-refractivity contribution is 7.11. The Morgan fingerprint density at radius 2 is 2.06 bits per heavy atom. The van der Waals surface area contributed by atoms with E-state index in [0.717, 1.165) is 32.6 Å². The van der Waals surface area contributed by atoms with Crippen LogP contribution in [0.1, 0.15) is 37.6 Å². The fraction of sp³-hybridized carbons (Fsp3) is 0.769. The van der Waals surface area contributed by atoms with Crippen LogP contribution in [0.15, 0.2) is 6.20 Å². The van der Waals surface area contributed by atoms with Gasteiger partial charge in [0.2, 0.25) is 0 Å². The number of hydrogen-bond donors (Lipinski definition) is 1. The monoisotopic (exact) mass is 255 g/mol. The van der Waals surface area contributed by atoms with Crippen LogP contribution in [-0.2, 0) is 13.0 Å². The van der Waals surface area contributed by atoms with Gasteiger partial charge in [-0.1, -0.05) is 27.7 Å². The summed E-state index contributed by atoms with van der Waals surface area (Å²) in [5.41, 5.74) is 0. The lowest BCUT2D eigenvalue weighted by Gasteiger charge is -2.16. The van der Waals surface area contributed by atoms with E-state index in [4.69, 9.17) is 0 Å². The van der Waals surface area contributed by atoms with Crippen LogP contribution in [0.4, 0.5) is 0 Å². The van der Waals surface area contributed by atoms with E-state index in [2.05, 4.69) is 42.9 Å². The molecule has 1 heterocycles. The summed E-state index contributed by atoms with van der Waals surface area (Å²) in [6, 6.07) is 0.538. The first-order valence-corrected chi connectivity index (χ1v) is 7.36. The Labute approximate surface area is 109 Å². The molecule has 0 bridgehead atoms. The first-order valence-electron chi connectivity index (χ1n) is 6.55. The van der Waals surface area contributed by atoms with E-state index in [1.807, 2.05) is 17.5 Å². The maximum absolute atomic E-state index is 4.49. The van der Waals surface area contributed by atoms with Crippen LogP contribution in [-0.4, -0.2) is 35.6 Å². The van der Waals surface area contributed by atoms with Crippen molar-refractivity contribution in [3.63, 3.8) is 0 Å². The van der Waals surface area contributed by atoms with Gasteiger partial charge in [0.15, 0.2) is 0 Å². The third-order valence-electron chi connectivity index (χ3n) is 2.82. The van der Waals surface area contributed by atoms with Crippen molar-refractivity contribution in [2.45, 2.75) is 46.7 Å². The van der Waals surface area contributed by atoms with Crippen LogP contribution < -0.4 is 5.32 Å². The molecule has 1 N–H and O–H groups in total. The fourth-order valence-electron chi connectivity index (χ4n) is 1.64. The summed E-state index contributed by atoms with van der Waals surface area (Å²) in [6.45, 7) is 13.1. The summed E-state index contributed by atoms with van der Waals surface area (Å²) in [4.78, 5) is 8.27. The summed E-state index contributed by atoms with van der Waals surface area (Å²) >= 11 is 1.84. The molecule has 0 amide bonds. The number of likely N-dealkylation sites (N-methyl/N-ethyl adjacent to an activating group) is 1. The minimum absolute atomic E-state index is 0.538. The van der Waals surface area contributed by atoms with Gasteiger partial charge in [-0.25, -0.2) is 4.98 Å². The van der Waals surface area contributed by atoms with Crippen molar-refractivity contribution >= 4 is 11.3 Å². The van der Waals surface area contributed by atoms with Gasteiger partial charge in [0, 0.05) is 36.6 Å². The van der Waals surface area contributed by atoms with Gasteiger partial charge in [-0.15, -0.1) is 11.3 Å². The molecular weight excluding hydrogens is 230 g/mol. The number of nitrogens with zero attached hydrogens (tertiary/aromatic N) is 2. The molecule has 0 saturated heterocycles. The lowest BCUT2D eigenvalue weighted by atomic mass is 10.4. The predicted molar refractivity (Wildman–Crippen MR) is 75.6 cm³/mol. The van der Waals surface area contributed by atoms with Gasteiger partial charge in [-0.3, -0.25) is 0 Å². The first kappa shape index (κ1) is 14.6. The van der Waals surface area contributed by atoms with Gasteiger partial charge in [-0.2, -0.15) is 0 Å². The predicted octanol–water partition coefficient (Wildman–Crippen LogP) is 2.53. The second kappa shape index (κ2) is 7.80. The fourth-order valence-corrected chi connectivity index (χ4v) is 2.51. The second-order valence-corrected chi connectivity index (χ2v) is 5.73. The van der Waals surface area contributed by atoms with Gasteiger partial charge >= 0.3 is 0 Å². The van der Waals surface area contributed by atoms with Gasteiger partial charge in [-0.05, 0) is 13.1 Å². The maximum atomic E-state index is 4.49. The van der Waals surface area contributed by atoms with E-state index in [-0.39, 0.29) is 0 Å². The van der Waals surface area contributed by atoms with Crippen molar-refractivity contribution in [2.24, 2.45) is 0 Å². The topological polar surface area (TPSA) is 28.2 Å². The van der Waals surface area contributed by atoms with Crippen molar-refractivity contribution in [3.05, 3.63) is 16.1 Å². The van der Waals surface area contributed by atoms with Crippen LogP contribution in [0.2, 0.25) is 0 Å². The SMILES string of the molecule is CCN(CC)CCc1ncc(CNC(C)C)s1. The van der Waals surface area contributed by atoms with Crippen molar-refractivity contribution < 1.29 is 0 Å². The Bertz CT molecular complexity index is 305. The van der Waals surface area contributed by atoms with Crippen molar-refractivity contribution in [3.8, 4) is 0 Å². The summed E-state index contributed by atoms with van der Waals surface area (Å²) in [5, 5.41) is 4.68. The molecule has 0 aromatic carbocycles. The molecule has 0 unspecified atom stereocenters. The van der Waals surface area contributed by atoms with Crippen molar-refractivity contribution in [1.82, 2.24) is 15.2 Å². The van der Waals surface area contributed by atoms with E-state index < -0.39 is 0 Å². The van der Waals surface area contributed by atoms with E-state index in [1.165, 1.54) is 9.88 Å². The van der Waals surface area contributed by atoms with Gasteiger partial charge in [0.25, 0.3) is 0 Å². The Hall–Kier alpha value is -0.450. The number of aromatic nitrogens is 1. The molecule has 3 nitrogen and oxygen atoms in total. The van der Waals surface area contributed by atoms with Crippen LogP contribution >= 0.6 is 11.3 Å². The highest BCUT2D eigenvalue weighted by atomic mass is 32.1. The third kappa shape index (κ3) is 5.61. The number of hydrogen-bond acceptors (Lipinski definition) is 4.